The van der Waals surface area contributed by atoms with Crippen LogP contribution < -0.4 is 15.0 Å². The van der Waals surface area contributed by atoms with Crippen molar-refractivity contribution in [1.29, 1.82) is 0 Å². The topological polar surface area (TPSA) is 72.6 Å². The van der Waals surface area contributed by atoms with E-state index < -0.39 is 5.92 Å². The molecule has 1 saturated heterocycles. The first kappa shape index (κ1) is 26.7. The van der Waals surface area contributed by atoms with Gasteiger partial charge in [0, 0.05) is 47.6 Å². The lowest BCUT2D eigenvalue weighted by atomic mass is 9.72. The highest BCUT2D eigenvalue weighted by Gasteiger charge is 2.49. The summed E-state index contributed by atoms with van der Waals surface area (Å²) in [5.41, 5.74) is 5.08. The zero-order valence-corrected chi connectivity index (χ0v) is 24.3. The summed E-state index contributed by atoms with van der Waals surface area (Å²) in [7, 11) is 0. The fourth-order valence-electron chi connectivity index (χ4n) is 6.51. The van der Waals surface area contributed by atoms with Gasteiger partial charge in [0.15, 0.2) is 23.1 Å². The first-order chi connectivity index (χ1) is 19.0. The van der Waals surface area contributed by atoms with Gasteiger partial charge in [-0.15, -0.1) is 0 Å². The number of likely N-dealkylation sites (tertiary alicyclic amines) is 1. The van der Waals surface area contributed by atoms with Gasteiger partial charge < -0.3 is 15.0 Å². The maximum atomic E-state index is 13.9. The SMILES string of the molecule is CC1(C)CCCN(CCCNC2=C3C(=O)c4ccccc4C(=O)C3C3=[NH+]c4ccc(C(C)(C)C)cc4OC3=C2)C1. The number of benzene rings is 2. The third kappa shape index (κ3) is 4.83. The Labute approximate surface area is 237 Å². The minimum Gasteiger partial charge on any atom is -0.444 e. The molecule has 6 heteroatoms. The van der Waals surface area contributed by atoms with Crippen molar-refractivity contribution in [1.82, 2.24) is 10.2 Å². The van der Waals surface area contributed by atoms with Crippen LogP contribution in [0.2, 0.25) is 0 Å². The fourth-order valence-corrected chi connectivity index (χ4v) is 6.51. The van der Waals surface area contributed by atoms with Crippen molar-refractivity contribution >= 4 is 23.0 Å². The van der Waals surface area contributed by atoms with Crippen LogP contribution in [0, 0.1) is 11.3 Å². The van der Waals surface area contributed by atoms with E-state index in [1.54, 1.807) is 12.1 Å². The maximum Gasteiger partial charge on any atom is 0.246 e. The van der Waals surface area contributed by atoms with Crippen LogP contribution in [-0.4, -0.2) is 48.4 Å². The van der Waals surface area contributed by atoms with Crippen LogP contribution in [0.3, 0.4) is 0 Å². The summed E-state index contributed by atoms with van der Waals surface area (Å²) < 4.78 is 6.46. The Hall–Kier alpha value is -3.51. The van der Waals surface area contributed by atoms with E-state index in [4.69, 9.17) is 4.74 Å². The Bertz CT molecular complexity index is 1490. The number of allylic oxidation sites excluding steroid dienone is 3. The van der Waals surface area contributed by atoms with E-state index in [-0.39, 0.29) is 17.0 Å². The second kappa shape index (κ2) is 9.84. The number of nitrogens with zero attached hydrogens (tertiary/aromatic N) is 1. The van der Waals surface area contributed by atoms with Crippen molar-refractivity contribution in [2.75, 3.05) is 26.2 Å². The number of rotatable bonds is 5. The van der Waals surface area contributed by atoms with Gasteiger partial charge in [0.2, 0.25) is 11.4 Å². The van der Waals surface area contributed by atoms with Crippen molar-refractivity contribution in [2.45, 2.75) is 59.3 Å². The molecule has 0 spiro atoms. The van der Waals surface area contributed by atoms with Crippen LogP contribution in [0.5, 0.6) is 5.75 Å². The van der Waals surface area contributed by atoms with Gasteiger partial charge in [-0.3, -0.25) is 9.59 Å². The van der Waals surface area contributed by atoms with Gasteiger partial charge in [0.05, 0.1) is 0 Å². The Morgan fingerprint density at radius 2 is 1.88 bits per heavy atom. The van der Waals surface area contributed by atoms with Gasteiger partial charge in [-0.1, -0.05) is 65.0 Å². The molecule has 0 saturated carbocycles. The summed E-state index contributed by atoms with van der Waals surface area (Å²) in [5.74, 6) is 0.412. The van der Waals surface area contributed by atoms with E-state index in [1.165, 1.54) is 18.4 Å². The van der Waals surface area contributed by atoms with Crippen LogP contribution in [0.1, 0.15) is 80.2 Å². The fraction of sp³-hybridized carbons (Fsp3) is 0.441. The highest BCUT2D eigenvalue weighted by atomic mass is 16.5. The van der Waals surface area contributed by atoms with E-state index in [0.717, 1.165) is 37.5 Å². The van der Waals surface area contributed by atoms with Crippen molar-refractivity contribution in [3.8, 4) is 5.75 Å². The lowest BCUT2D eigenvalue weighted by molar-refractivity contribution is -0.361. The van der Waals surface area contributed by atoms with Crippen molar-refractivity contribution in [3.63, 3.8) is 0 Å². The molecule has 0 amide bonds. The van der Waals surface area contributed by atoms with E-state index >= 15 is 0 Å². The lowest BCUT2D eigenvalue weighted by Crippen LogP contribution is -2.72. The van der Waals surface area contributed by atoms with Gasteiger partial charge in [-0.05, 0) is 54.8 Å². The second-order valence-electron chi connectivity index (χ2n) is 13.4. The number of piperidine rings is 1. The van der Waals surface area contributed by atoms with Crippen LogP contribution in [0.4, 0.5) is 5.69 Å². The van der Waals surface area contributed by atoms with E-state index in [9.17, 15) is 9.59 Å². The number of Topliss-reactive ketones (excluding diaryl/α,β-unsaturated/α-hetero) is 2. The third-order valence-corrected chi connectivity index (χ3v) is 8.64. The monoisotopic (exact) mass is 538 g/mol. The first-order valence-electron chi connectivity index (χ1n) is 14.6. The molecular formula is C34H40N3O3+. The van der Waals surface area contributed by atoms with Gasteiger partial charge in [-0.25, -0.2) is 4.99 Å². The predicted octanol–water partition coefficient (Wildman–Crippen LogP) is 4.48. The molecule has 4 aliphatic rings. The van der Waals surface area contributed by atoms with Gasteiger partial charge in [0.25, 0.3) is 0 Å². The average molecular weight is 539 g/mol. The molecule has 0 radical (unpaired) electrons. The smallest absolute Gasteiger partial charge is 0.246 e. The number of hydrogen-bond donors (Lipinski definition) is 2. The summed E-state index contributed by atoms with van der Waals surface area (Å²) in [6.07, 6.45) is 5.37. The first-order valence-corrected chi connectivity index (χ1v) is 14.6. The molecule has 1 fully saturated rings. The molecule has 2 heterocycles. The molecule has 0 bridgehead atoms. The molecule has 6 nitrogen and oxygen atoms in total. The Morgan fingerprint density at radius 1 is 1.10 bits per heavy atom. The summed E-state index contributed by atoms with van der Waals surface area (Å²) >= 11 is 0. The maximum absolute atomic E-state index is 13.9. The number of carbonyl (C=O) groups excluding carboxylic acids is 2. The molecule has 2 aromatic rings. The summed E-state index contributed by atoms with van der Waals surface area (Å²) in [6, 6.07) is 13.3. The highest BCUT2D eigenvalue weighted by molar-refractivity contribution is 6.32. The van der Waals surface area contributed by atoms with E-state index in [1.807, 2.05) is 24.3 Å². The van der Waals surface area contributed by atoms with E-state index in [0.29, 0.717) is 45.8 Å². The molecule has 40 heavy (non-hydrogen) atoms. The molecule has 1 atom stereocenters. The molecule has 0 aromatic heterocycles. The number of hydrogen-bond acceptors (Lipinski definition) is 5. The molecule has 2 N–H and O–H groups in total. The summed E-state index contributed by atoms with van der Waals surface area (Å²) in [5, 5.41) is 3.54. The molecule has 2 aliphatic carbocycles. The van der Waals surface area contributed by atoms with E-state index in [2.05, 4.69) is 62.0 Å². The third-order valence-electron chi connectivity index (χ3n) is 8.64. The molecule has 1 unspecified atom stereocenters. The Kier molecular flexibility index (Phi) is 6.57. The van der Waals surface area contributed by atoms with Gasteiger partial charge >= 0.3 is 0 Å². The highest BCUT2D eigenvalue weighted by Crippen LogP contribution is 2.39. The zero-order valence-electron chi connectivity index (χ0n) is 24.3. The zero-order chi connectivity index (χ0) is 28.2. The van der Waals surface area contributed by atoms with Gasteiger partial charge in [-0.2, -0.15) is 0 Å². The lowest BCUT2D eigenvalue weighted by Gasteiger charge is -2.38. The number of nitrogens with one attached hydrogen (secondary N) is 2. The van der Waals surface area contributed by atoms with Crippen LogP contribution in [0.25, 0.3) is 0 Å². The van der Waals surface area contributed by atoms with Crippen LogP contribution in [0.15, 0.2) is 65.6 Å². The van der Waals surface area contributed by atoms with Crippen molar-refractivity contribution < 1.29 is 19.3 Å². The van der Waals surface area contributed by atoms with Crippen LogP contribution >= 0.6 is 0 Å². The van der Waals surface area contributed by atoms with Crippen molar-refractivity contribution in [2.24, 2.45) is 11.3 Å². The number of ether oxygens (including phenoxy) is 1. The predicted molar refractivity (Wildman–Crippen MR) is 157 cm³/mol. The normalized spacial score (nSPS) is 21.9. The molecule has 2 aromatic carbocycles. The number of fused-ring (bicyclic) bond motifs is 5. The van der Waals surface area contributed by atoms with Crippen molar-refractivity contribution in [3.05, 3.63) is 82.3 Å². The molecule has 208 valence electrons. The van der Waals surface area contributed by atoms with Gasteiger partial charge in [0.1, 0.15) is 5.92 Å². The Morgan fingerprint density at radius 3 is 2.62 bits per heavy atom. The standard InChI is InChI=1S/C34H39N3O3/c1-33(2,3)21-12-13-24-26(18-21)40-27-19-25(35-15-9-17-37-16-8-14-34(4,5)20-37)28-29(30(27)36-24)32(39)23-11-7-6-10-22(23)31(28)38/h6-7,10-13,18-19,29,35H,8-9,14-17,20H2,1-5H3/p+1. The van der Waals surface area contributed by atoms with Crippen LogP contribution in [-0.2, 0) is 5.41 Å². The number of ketones is 2. The Balaban J connectivity index is 1.33. The molecular weight excluding hydrogens is 498 g/mol. The minimum atomic E-state index is -0.733. The molecule has 6 rings (SSSR count). The second-order valence-corrected chi connectivity index (χ2v) is 13.4. The largest absolute Gasteiger partial charge is 0.444 e. The summed E-state index contributed by atoms with van der Waals surface area (Å²) in [6.45, 7) is 15.2. The quantitative estimate of drug-likeness (QED) is 0.550. The average Bonchev–Trinajstić information content (AvgIpc) is 2.91. The summed E-state index contributed by atoms with van der Waals surface area (Å²) in [4.78, 5) is 33.8. The molecule has 2 aliphatic heterocycles. The minimum absolute atomic E-state index is 0.0256. The number of carbonyl (C=O) groups is 2.